The van der Waals surface area contributed by atoms with E-state index in [1.807, 2.05) is 6.07 Å². The lowest BCUT2D eigenvalue weighted by Crippen LogP contribution is -1.87. The standard InChI is InChI=1S/C9H8ClF/c10-8-5-4-7-6(8)2-1-3-9(7)11/h1-3,8H,4-5H2/t8-/m1/s1. The summed E-state index contributed by atoms with van der Waals surface area (Å²) >= 11 is 5.95. The summed E-state index contributed by atoms with van der Waals surface area (Å²) < 4.78 is 13.0. The van der Waals surface area contributed by atoms with Gasteiger partial charge in [0, 0.05) is 0 Å². The molecule has 1 atom stereocenters. The van der Waals surface area contributed by atoms with Crippen LogP contribution < -0.4 is 0 Å². The number of hydrogen-bond donors (Lipinski definition) is 0. The van der Waals surface area contributed by atoms with Gasteiger partial charge in [0.2, 0.25) is 0 Å². The van der Waals surface area contributed by atoms with Crippen molar-refractivity contribution < 1.29 is 4.39 Å². The summed E-state index contributed by atoms with van der Waals surface area (Å²) in [5, 5.41) is 0.0284. The Hall–Kier alpha value is -0.560. The molecule has 0 aliphatic heterocycles. The van der Waals surface area contributed by atoms with Crippen LogP contribution in [0.1, 0.15) is 22.9 Å². The fourth-order valence-electron chi connectivity index (χ4n) is 1.56. The second kappa shape index (κ2) is 2.49. The minimum atomic E-state index is -0.106. The third-order valence-electron chi connectivity index (χ3n) is 2.14. The van der Waals surface area contributed by atoms with Crippen LogP contribution in [0, 0.1) is 5.82 Å². The SMILES string of the molecule is Fc1cccc2c1CC[C@H]2Cl. The van der Waals surface area contributed by atoms with Gasteiger partial charge in [-0.25, -0.2) is 4.39 Å². The van der Waals surface area contributed by atoms with Gasteiger partial charge in [0.05, 0.1) is 5.38 Å². The molecule has 0 radical (unpaired) electrons. The molecule has 0 bridgehead atoms. The molecule has 0 saturated heterocycles. The van der Waals surface area contributed by atoms with Gasteiger partial charge in [0.15, 0.2) is 0 Å². The summed E-state index contributed by atoms with van der Waals surface area (Å²) in [5.74, 6) is -0.106. The van der Waals surface area contributed by atoms with Crippen molar-refractivity contribution in [2.75, 3.05) is 0 Å². The van der Waals surface area contributed by atoms with Crippen LogP contribution in [0.25, 0.3) is 0 Å². The average Bonchev–Trinajstić information content (AvgIpc) is 2.35. The Labute approximate surface area is 70.0 Å². The predicted molar refractivity (Wildman–Crippen MR) is 43.3 cm³/mol. The van der Waals surface area contributed by atoms with Gasteiger partial charge in [0.1, 0.15) is 5.82 Å². The van der Waals surface area contributed by atoms with E-state index >= 15 is 0 Å². The third-order valence-corrected chi connectivity index (χ3v) is 2.59. The quantitative estimate of drug-likeness (QED) is 0.525. The van der Waals surface area contributed by atoms with Gasteiger partial charge in [-0.3, -0.25) is 0 Å². The smallest absolute Gasteiger partial charge is 0.126 e. The van der Waals surface area contributed by atoms with Crippen LogP contribution in [0.2, 0.25) is 0 Å². The zero-order valence-corrected chi connectivity index (χ0v) is 6.74. The maximum Gasteiger partial charge on any atom is 0.126 e. The van der Waals surface area contributed by atoms with Crippen molar-refractivity contribution in [3.8, 4) is 0 Å². The number of rotatable bonds is 0. The molecule has 2 heteroatoms. The van der Waals surface area contributed by atoms with E-state index in [-0.39, 0.29) is 11.2 Å². The van der Waals surface area contributed by atoms with Crippen LogP contribution >= 0.6 is 11.6 Å². The molecule has 1 aliphatic carbocycles. The first-order valence-electron chi connectivity index (χ1n) is 3.70. The minimum Gasteiger partial charge on any atom is -0.207 e. The Balaban J connectivity index is 2.57. The summed E-state index contributed by atoms with van der Waals surface area (Å²) in [7, 11) is 0. The molecule has 0 nitrogen and oxygen atoms in total. The Morgan fingerprint density at radius 3 is 3.00 bits per heavy atom. The van der Waals surface area contributed by atoms with Crippen LogP contribution in [0.4, 0.5) is 4.39 Å². The van der Waals surface area contributed by atoms with E-state index in [1.54, 1.807) is 6.07 Å². The van der Waals surface area contributed by atoms with Gasteiger partial charge < -0.3 is 0 Å². The van der Waals surface area contributed by atoms with Crippen molar-refractivity contribution in [2.24, 2.45) is 0 Å². The summed E-state index contributed by atoms with van der Waals surface area (Å²) in [6.07, 6.45) is 1.66. The Morgan fingerprint density at radius 2 is 2.27 bits per heavy atom. The predicted octanol–water partition coefficient (Wildman–Crippen LogP) is 3.05. The highest BCUT2D eigenvalue weighted by atomic mass is 35.5. The third kappa shape index (κ3) is 1.04. The second-order valence-electron chi connectivity index (χ2n) is 2.81. The first kappa shape index (κ1) is 7.11. The lowest BCUT2D eigenvalue weighted by Gasteiger charge is -2.01. The van der Waals surface area contributed by atoms with Gasteiger partial charge in [-0.1, -0.05) is 12.1 Å². The number of halogens is 2. The lowest BCUT2D eigenvalue weighted by atomic mass is 10.1. The summed E-state index contributed by atoms with van der Waals surface area (Å²) in [5.41, 5.74) is 1.79. The van der Waals surface area contributed by atoms with Gasteiger partial charge >= 0.3 is 0 Å². The first-order chi connectivity index (χ1) is 5.29. The van der Waals surface area contributed by atoms with Crippen LogP contribution in [0.3, 0.4) is 0 Å². The van der Waals surface area contributed by atoms with Gasteiger partial charge in [-0.05, 0) is 30.0 Å². The van der Waals surface area contributed by atoms with E-state index in [9.17, 15) is 4.39 Å². The molecular formula is C9H8ClF. The molecule has 0 amide bonds. The van der Waals surface area contributed by atoms with Crippen molar-refractivity contribution >= 4 is 11.6 Å². The van der Waals surface area contributed by atoms with Crippen molar-refractivity contribution in [1.29, 1.82) is 0 Å². The van der Waals surface area contributed by atoms with Gasteiger partial charge in [-0.2, -0.15) is 0 Å². The molecule has 0 unspecified atom stereocenters. The van der Waals surface area contributed by atoms with E-state index < -0.39 is 0 Å². The summed E-state index contributed by atoms with van der Waals surface area (Å²) in [6.45, 7) is 0. The molecule has 1 aromatic rings. The molecule has 1 aliphatic rings. The highest BCUT2D eigenvalue weighted by Gasteiger charge is 2.22. The largest absolute Gasteiger partial charge is 0.207 e. The molecule has 11 heavy (non-hydrogen) atoms. The van der Waals surface area contributed by atoms with Crippen LogP contribution in [-0.2, 0) is 6.42 Å². The highest BCUT2D eigenvalue weighted by molar-refractivity contribution is 6.21. The molecule has 0 heterocycles. The van der Waals surface area contributed by atoms with Gasteiger partial charge in [0.25, 0.3) is 0 Å². The minimum absolute atomic E-state index is 0.0284. The van der Waals surface area contributed by atoms with Crippen molar-refractivity contribution in [1.82, 2.24) is 0 Å². The molecule has 58 valence electrons. The Kier molecular flexibility index (Phi) is 1.61. The maximum absolute atomic E-state index is 13.0. The second-order valence-corrected chi connectivity index (χ2v) is 3.34. The summed E-state index contributed by atoms with van der Waals surface area (Å²) in [4.78, 5) is 0. The van der Waals surface area contributed by atoms with Crippen LogP contribution in [0.15, 0.2) is 18.2 Å². The number of hydrogen-bond acceptors (Lipinski definition) is 0. The van der Waals surface area contributed by atoms with E-state index in [2.05, 4.69) is 0 Å². The lowest BCUT2D eigenvalue weighted by molar-refractivity contribution is 0.612. The van der Waals surface area contributed by atoms with Crippen molar-refractivity contribution in [3.05, 3.63) is 35.1 Å². The normalized spacial score (nSPS) is 21.8. The average molecular weight is 171 g/mol. The first-order valence-corrected chi connectivity index (χ1v) is 4.14. The van der Waals surface area contributed by atoms with E-state index in [4.69, 9.17) is 11.6 Å². The monoisotopic (exact) mass is 170 g/mol. The zero-order chi connectivity index (χ0) is 7.84. The van der Waals surface area contributed by atoms with Crippen LogP contribution in [0.5, 0.6) is 0 Å². The van der Waals surface area contributed by atoms with Crippen molar-refractivity contribution in [2.45, 2.75) is 18.2 Å². The number of fused-ring (bicyclic) bond motifs is 1. The summed E-state index contributed by atoms with van der Waals surface area (Å²) in [6, 6.07) is 5.12. The molecule has 0 aromatic heterocycles. The molecule has 0 fully saturated rings. The number of alkyl halides is 1. The molecule has 2 rings (SSSR count). The number of benzene rings is 1. The van der Waals surface area contributed by atoms with E-state index in [0.29, 0.717) is 0 Å². The maximum atomic E-state index is 13.0. The van der Waals surface area contributed by atoms with E-state index in [1.165, 1.54) is 6.07 Å². The fourth-order valence-corrected chi connectivity index (χ4v) is 1.87. The molecule has 0 spiro atoms. The molecule has 0 saturated carbocycles. The Bertz CT molecular complexity index is 283. The topological polar surface area (TPSA) is 0 Å². The Morgan fingerprint density at radius 1 is 1.45 bits per heavy atom. The fraction of sp³-hybridized carbons (Fsp3) is 0.333. The van der Waals surface area contributed by atoms with E-state index in [0.717, 1.165) is 24.0 Å². The highest BCUT2D eigenvalue weighted by Crippen LogP contribution is 2.36. The molecule has 0 N–H and O–H groups in total. The van der Waals surface area contributed by atoms with Crippen molar-refractivity contribution in [3.63, 3.8) is 0 Å². The molecular weight excluding hydrogens is 163 g/mol. The zero-order valence-electron chi connectivity index (χ0n) is 5.98. The van der Waals surface area contributed by atoms with Gasteiger partial charge in [-0.15, -0.1) is 11.6 Å². The van der Waals surface area contributed by atoms with Crippen LogP contribution in [-0.4, -0.2) is 0 Å². The molecule has 1 aromatic carbocycles.